The molecule has 0 fully saturated rings. The summed E-state index contributed by atoms with van der Waals surface area (Å²) in [7, 11) is 0. The van der Waals surface area contributed by atoms with Crippen LogP contribution in [-0.4, -0.2) is 17.6 Å². The van der Waals surface area contributed by atoms with Crippen molar-refractivity contribution >= 4 is 5.97 Å². The van der Waals surface area contributed by atoms with Crippen molar-refractivity contribution in [3.63, 3.8) is 0 Å². The van der Waals surface area contributed by atoms with Gasteiger partial charge in [-0.25, -0.2) is 0 Å². The molecule has 0 aliphatic rings. The monoisotopic (exact) mass is 269 g/mol. The first-order valence-electron chi connectivity index (χ1n) is 6.90. The van der Waals surface area contributed by atoms with E-state index in [1.165, 1.54) is 11.1 Å². The zero-order chi connectivity index (χ0) is 14.2. The van der Waals surface area contributed by atoms with Crippen LogP contribution in [0.3, 0.4) is 0 Å². The number of aryl methyl sites for hydroxylation is 1. The third-order valence-corrected chi connectivity index (χ3v) is 3.08. The predicted molar refractivity (Wildman–Crippen MR) is 78.4 cm³/mol. The first-order chi connectivity index (χ1) is 9.78. The van der Waals surface area contributed by atoms with Gasteiger partial charge in [0, 0.05) is 18.8 Å². The highest BCUT2D eigenvalue weighted by Gasteiger charge is 2.03. The van der Waals surface area contributed by atoms with Gasteiger partial charge >= 0.3 is 5.97 Å². The minimum absolute atomic E-state index is 0.132. The van der Waals surface area contributed by atoms with E-state index in [0.29, 0.717) is 13.0 Å². The Bertz CT molecular complexity index is 535. The molecule has 3 nitrogen and oxygen atoms in total. The van der Waals surface area contributed by atoms with Gasteiger partial charge in [-0.2, -0.15) is 0 Å². The van der Waals surface area contributed by atoms with Gasteiger partial charge < -0.3 is 4.74 Å². The molecule has 0 saturated heterocycles. The van der Waals surface area contributed by atoms with Gasteiger partial charge in [-0.15, -0.1) is 0 Å². The number of carbonyl (C=O) groups excluding carboxylic acids is 1. The molecule has 0 spiro atoms. The number of nitrogens with zero attached hydrogens (tertiary/aromatic N) is 1. The Morgan fingerprint density at radius 2 is 1.85 bits per heavy atom. The lowest BCUT2D eigenvalue weighted by Gasteiger charge is -2.05. The maximum atomic E-state index is 11.3. The standard InChI is InChI=1S/C17H19NO2/c1-2-20-17(19)10-9-14-5-7-15(8-6-14)12-16-4-3-11-18-13-16/h3-8,11,13H,2,9-10,12H2,1H3. The van der Waals surface area contributed by atoms with Crippen LogP contribution in [-0.2, 0) is 22.4 Å². The molecule has 1 aromatic heterocycles. The number of esters is 1. The van der Waals surface area contributed by atoms with Crippen molar-refractivity contribution in [2.75, 3.05) is 6.61 Å². The van der Waals surface area contributed by atoms with Crippen molar-refractivity contribution in [2.24, 2.45) is 0 Å². The quantitative estimate of drug-likeness (QED) is 0.756. The first kappa shape index (κ1) is 14.3. The van der Waals surface area contributed by atoms with E-state index in [0.717, 1.165) is 18.4 Å². The van der Waals surface area contributed by atoms with Crippen LogP contribution < -0.4 is 0 Å². The summed E-state index contributed by atoms with van der Waals surface area (Å²) in [5.41, 5.74) is 3.61. The maximum Gasteiger partial charge on any atom is 0.306 e. The molecular weight excluding hydrogens is 250 g/mol. The van der Waals surface area contributed by atoms with E-state index in [4.69, 9.17) is 4.74 Å². The van der Waals surface area contributed by atoms with E-state index in [9.17, 15) is 4.79 Å². The third kappa shape index (κ3) is 4.50. The summed E-state index contributed by atoms with van der Waals surface area (Å²) in [6.45, 7) is 2.27. The summed E-state index contributed by atoms with van der Waals surface area (Å²) in [4.78, 5) is 15.4. The van der Waals surface area contributed by atoms with Gasteiger partial charge in [0.2, 0.25) is 0 Å². The van der Waals surface area contributed by atoms with Gasteiger partial charge in [-0.1, -0.05) is 30.3 Å². The Labute approximate surface area is 119 Å². The average molecular weight is 269 g/mol. The van der Waals surface area contributed by atoms with E-state index >= 15 is 0 Å². The van der Waals surface area contributed by atoms with Gasteiger partial charge in [0.1, 0.15) is 0 Å². The summed E-state index contributed by atoms with van der Waals surface area (Å²) < 4.78 is 4.92. The highest BCUT2D eigenvalue weighted by atomic mass is 16.5. The third-order valence-electron chi connectivity index (χ3n) is 3.08. The van der Waals surface area contributed by atoms with E-state index in [1.807, 2.05) is 19.2 Å². The summed E-state index contributed by atoms with van der Waals surface area (Å²) in [5.74, 6) is -0.132. The van der Waals surface area contributed by atoms with Crippen LogP contribution in [0.2, 0.25) is 0 Å². The number of hydrogen-bond acceptors (Lipinski definition) is 3. The molecule has 3 heteroatoms. The molecule has 0 radical (unpaired) electrons. The zero-order valence-electron chi connectivity index (χ0n) is 11.7. The molecule has 104 valence electrons. The van der Waals surface area contributed by atoms with E-state index in [1.54, 1.807) is 6.20 Å². The fraction of sp³-hybridized carbons (Fsp3) is 0.294. The average Bonchev–Trinajstić information content (AvgIpc) is 2.48. The second kappa shape index (κ2) is 7.43. The molecular formula is C17H19NO2. The Morgan fingerprint density at radius 1 is 1.10 bits per heavy atom. The molecule has 0 saturated carbocycles. The molecule has 1 heterocycles. The van der Waals surface area contributed by atoms with Crippen molar-refractivity contribution in [1.29, 1.82) is 0 Å². The van der Waals surface area contributed by atoms with E-state index in [-0.39, 0.29) is 5.97 Å². The van der Waals surface area contributed by atoms with Gasteiger partial charge in [0.15, 0.2) is 0 Å². The van der Waals surface area contributed by atoms with Gasteiger partial charge in [-0.3, -0.25) is 9.78 Å². The first-order valence-corrected chi connectivity index (χ1v) is 6.90. The van der Waals surface area contributed by atoms with E-state index in [2.05, 4.69) is 35.3 Å². The number of hydrogen-bond donors (Lipinski definition) is 0. The maximum absolute atomic E-state index is 11.3. The van der Waals surface area contributed by atoms with Crippen LogP contribution in [0, 0.1) is 0 Å². The number of aromatic nitrogens is 1. The highest BCUT2D eigenvalue weighted by molar-refractivity contribution is 5.69. The number of carbonyl (C=O) groups is 1. The molecule has 0 unspecified atom stereocenters. The molecule has 0 bridgehead atoms. The fourth-order valence-electron chi connectivity index (χ4n) is 2.04. The normalized spacial score (nSPS) is 10.2. The number of ether oxygens (including phenoxy) is 1. The highest BCUT2D eigenvalue weighted by Crippen LogP contribution is 2.11. The minimum atomic E-state index is -0.132. The van der Waals surface area contributed by atoms with Gasteiger partial charge in [0.25, 0.3) is 0 Å². The Kier molecular flexibility index (Phi) is 5.30. The Morgan fingerprint density at radius 3 is 2.50 bits per heavy atom. The SMILES string of the molecule is CCOC(=O)CCc1ccc(Cc2cccnc2)cc1. The van der Waals surface area contributed by atoms with Crippen molar-refractivity contribution in [3.8, 4) is 0 Å². The molecule has 0 aliphatic carbocycles. The van der Waals surface area contributed by atoms with Crippen LogP contribution >= 0.6 is 0 Å². The molecule has 0 N–H and O–H groups in total. The van der Waals surface area contributed by atoms with Gasteiger partial charge in [-0.05, 0) is 42.5 Å². The summed E-state index contributed by atoms with van der Waals surface area (Å²) in [5, 5.41) is 0. The molecule has 20 heavy (non-hydrogen) atoms. The lowest BCUT2D eigenvalue weighted by Crippen LogP contribution is -2.05. The molecule has 2 aromatic rings. The van der Waals surface area contributed by atoms with E-state index < -0.39 is 0 Å². The molecule has 0 amide bonds. The zero-order valence-corrected chi connectivity index (χ0v) is 11.7. The van der Waals surface area contributed by atoms with Crippen LogP contribution in [0.4, 0.5) is 0 Å². The number of benzene rings is 1. The predicted octanol–water partition coefficient (Wildman–Crippen LogP) is 3.17. The van der Waals surface area contributed by atoms with Crippen LogP contribution in [0.1, 0.15) is 30.0 Å². The number of pyridine rings is 1. The van der Waals surface area contributed by atoms with Crippen molar-refractivity contribution < 1.29 is 9.53 Å². The number of rotatable bonds is 6. The Balaban J connectivity index is 1.88. The molecule has 0 atom stereocenters. The largest absolute Gasteiger partial charge is 0.466 e. The summed E-state index contributed by atoms with van der Waals surface area (Å²) in [6.07, 6.45) is 5.71. The lowest BCUT2D eigenvalue weighted by atomic mass is 10.0. The van der Waals surface area contributed by atoms with Crippen LogP contribution in [0.15, 0.2) is 48.8 Å². The molecule has 0 aliphatic heterocycles. The second-order valence-corrected chi connectivity index (χ2v) is 4.66. The van der Waals surface area contributed by atoms with Crippen molar-refractivity contribution in [3.05, 3.63) is 65.5 Å². The van der Waals surface area contributed by atoms with Crippen LogP contribution in [0.5, 0.6) is 0 Å². The van der Waals surface area contributed by atoms with Crippen molar-refractivity contribution in [1.82, 2.24) is 4.98 Å². The summed E-state index contributed by atoms with van der Waals surface area (Å²) >= 11 is 0. The Hall–Kier alpha value is -2.16. The lowest BCUT2D eigenvalue weighted by molar-refractivity contribution is -0.143. The topological polar surface area (TPSA) is 39.2 Å². The minimum Gasteiger partial charge on any atom is -0.466 e. The fourth-order valence-corrected chi connectivity index (χ4v) is 2.04. The molecule has 1 aromatic carbocycles. The van der Waals surface area contributed by atoms with Crippen LogP contribution in [0.25, 0.3) is 0 Å². The molecule has 2 rings (SSSR count). The second-order valence-electron chi connectivity index (χ2n) is 4.66. The summed E-state index contributed by atoms with van der Waals surface area (Å²) in [6, 6.07) is 12.4. The van der Waals surface area contributed by atoms with Crippen molar-refractivity contribution in [2.45, 2.75) is 26.2 Å². The van der Waals surface area contributed by atoms with Gasteiger partial charge in [0.05, 0.1) is 6.61 Å². The smallest absolute Gasteiger partial charge is 0.306 e.